The predicted molar refractivity (Wildman–Crippen MR) is 101 cm³/mol. The second kappa shape index (κ2) is 9.26. The zero-order valence-corrected chi connectivity index (χ0v) is 16.3. The molecule has 148 valence electrons. The third kappa shape index (κ3) is 5.03. The summed E-state index contributed by atoms with van der Waals surface area (Å²) < 4.78 is 5.89. The van der Waals surface area contributed by atoms with Gasteiger partial charge in [0, 0.05) is 50.6 Å². The van der Waals surface area contributed by atoms with Gasteiger partial charge in [0.15, 0.2) is 0 Å². The first-order valence-electron chi connectivity index (χ1n) is 10.0. The number of hydrogen-bond donors (Lipinski definition) is 0. The SMILES string of the molecule is CC[C@@H]1CC[C@@H](C(=O)N2CCC[C@H](N(Cc3cncnc3)C(C)=O)CC2)O1. The summed E-state index contributed by atoms with van der Waals surface area (Å²) >= 11 is 0. The standard InChI is InChI=1S/C20H30N4O3/c1-3-18-6-7-19(27-18)20(26)23-9-4-5-17(8-10-23)24(15(2)25)13-16-11-21-14-22-12-16/h11-12,14,17-19H,3-10,13H2,1-2H3/t17-,18+,19-/m0/s1. The molecule has 7 heteroatoms. The van der Waals surface area contributed by atoms with E-state index >= 15 is 0 Å². The van der Waals surface area contributed by atoms with Gasteiger partial charge in [0.05, 0.1) is 6.10 Å². The summed E-state index contributed by atoms with van der Waals surface area (Å²) in [6.45, 7) is 5.64. The van der Waals surface area contributed by atoms with Crippen molar-refractivity contribution in [3.8, 4) is 0 Å². The van der Waals surface area contributed by atoms with Gasteiger partial charge in [-0.2, -0.15) is 0 Å². The Kier molecular flexibility index (Phi) is 6.77. The Hall–Kier alpha value is -2.02. The van der Waals surface area contributed by atoms with Crippen molar-refractivity contribution in [1.82, 2.24) is 19.8 Å². The number of aromatic nitrogens is 2. The molecule has 2 aliphatic rings. The minimum absolute atomic E-state index is 0.0496. The van der Waals surface area contributed by atoms with Gasteiger partial charge in [-0.15, -0.1) is 0 Å². The van der Waals surface area contributed by atoms with Crippen LogP contribution in [0.25, 0.3) is 0 Å². The molecule has 2 fully saturated rings. The second-order valence-corrected chi connectivity index (χ2v) is 7.54. The number of rotatable bonds is 5. The van der Waals surface area contributed by atoms with Crippen LogP contribution in [0, 0.1) is 0 Å². The molecule has 2 aliphatic heterocycles. The number of carbonyl (C=O) groups excluding carboxylic acids is 2. The Morgan fingerprint density at radius 2 is 1.96 bits per heavy atom. The fraction of sp³-hybridized carbons (Fsp3) is 0.700. The molecule has 3 rings (SSSR count). The van der Waals surface area contributed by atoms with Crippen molar-refractivity contribution in [3.05, 3.63) is 24.3 Å². The third-order valence-electron chi connectivity index (χ3n) is 5.66. The lowest BCUT2D eigenvalue weighted by molar-refractivity contribution is -0.143. The molecule has 7 nitrogen and oxygen atoms in total. The minimum atomic E-state index is -0.281. The lowest BCUT2D eigenvalue weighted by atomic mass is 10.1. The van der Waals surface area contributed by atoms with Crippen LogP contribution in [0.2, 0.25) is 0 Å². The van der Waals surface area contributed by atoms with Gasteiger partial charge in [0.2, 0.25) is 5.91 Å². The highest BCUT2D eigenvalue weighted by Crippen LogP contribution is 2.25. The summed E-state index contributed by atoms with van der Waals surface area (Å²) in [5, 5.41) is 0. The maximum Gasteiger partial charge on any atom is 0.251 e. The first kappa shape index (κ1) is 19.7. The van der Waals surface area contributed by atoms with Crippen molar-refractivity contribution in [2.24, 2.45) is 0 Å². The van der Waals surface area contributed by atoms with E-state index in [4.69, 9.17) is 4.74 Å². The fourth-order valence-corrected chi connectivity index (χ4v) is 4.11. The van der Waals surface area contributed by atoms with E-state index < -0.39 is 0 Å². The summed E-state index contributed by atoms with van der Waals surface area (Å²) in [5.41, 5.74) is 0.926. The number of ether oxygens (including phenoxy) is 1. The molecule has 0 spiro atoms. The molecule has 3 heterocycles. The van der Waals surface area contributed by atoms with Gasteiger partial charge in [-0.05, 0) is 38.5 Å². The Morgan fingerprint density at radius 3 is 2.63 bits per heavy atom. The highest BCUT2D eigenvalue weighted by molar-refractivity contribution is 5.81. The van der Waals surface area contributed by atoms with E-state index in [0.717, 1.165) is 50.6 Å². The summed E-state index contributed by atoms with van der Waals surface area (Å²) in [7, 11) is 0. The van der Waals surface area contributed by atoms with E-state index in [1.54, 1.807) is 19.3 Å². The topological polar surface area (TPSA) is 75.6 Å². The maximum atomic E-state index is 12.8. The lowest BCUT2D eigenvalue weighted by Gasteiger charge is -2.30. The van der Waals surface area contributed by atoms with Crippen LogP contribution in [-0.4, -0.2) is 62.9 Å². The van der Waals surface area contributed by atoms with Crippen LogP contribution in [0.1, 0.15) is 57.9 Å². The molecule has 2 saturated heterocycles. The van der Waals surface area contributed by atoms with Gasteiger partial charge in [-0.1, -0.05) is 6.92 Å². The smallest absolute Gasteiger partial charge is 0.251 e. The number of amides is 2. The third-order valence-corrected chi connectivity index (χ3v) is 5.66. The van der Waals surface area contributed by atoms with Crippen LogP contribution in [0.15, 0.2) is 18.7 Å². The normalized spacial score (nSPS) is 25.9. The van der Waals surface area contributed by atoms with Crippen molar-refractivity contribution < 1.29 is 14.3 Å². The Balaban J connectivity index is 1.59. The molecule has 0 unspecified atom stereocenters. The van der Waals surface area contributed by atoms with Crippen molar-refractivity contribution in [2.75, 3.05) is 13.1 Å². The monoisotopic (exact) mass is 374 g/mol. The molecule has 0 N–H and O–H groups in total. The highest BCUT2D eigenvalue weighted by atomic mass is 16.5. The second-order valence-electron chi connectivity index (χ2n) is 7.54. The van der Waals surface area contributed by atoms with Crippen molar-refractivity contribution in [2.45, 2.75) is 77.2 Å². The largest absolute Gasteiger partial charge is 0.365 e. The van der Waals surface area contributed by atoms with Gasteiger partial charge in [0.1, 0.15) is 12.4 Å². The predicted octanol–water partition coefficient (Wildman–Crippen LogP) is 2.16. The maximum absolute atomic E-state index is 12.8. The number of likely N-dealkylation sites (tertiary alicyclic amines) is 1. The summed E-state index contributed by atoms with van der Waals surface area (Å²) in [6, 6.07) is 0.133. The Morgan fingerprint density at radius 1 is 1.19 bits per heavy atom. The van der Waals surface area contributed by atoms with Crippen LogP contribution < -0.4 is 0 Å². The van der Waals surface area contributed by atoms with E-state index in [9.17, 15) is 9.59 Å². The average molecular weight is 374 g/mol. The van der Waals surface area contributed by atoms with Crippen LogP contribution in [-0.2, 0) is 20.9 Å². The van der Waals surface area contributed by atoms with Crippen LogP contribution >= 0.6 is 0 Å². The zero-order chi connectivity index (χ0) is 19.2. The minimum Gasteiger partial charge on any atom is -0.365 e. The van der Waals surface area contributed by atoms with E-state index in [2.05, 4.69) is 16.9 Å². The van der Waals surface area contributed by atoms with Gasteiger partial charge < -0.3 is 14.5 Å². The van der Waals surface area contributed by atoms with Gasteiger partial charge in [0.25, 0.3) is 5.91 Å². The first-order valence-corrected chi connectivity index (χ1v) is 10.0. The molecule has 2 amide bonds. The van der Waals surface area contributed by atoms with Crippen LogP contribution in [0.4, 0.5) is 0 Å². The summed E-state index contributed by atoms with van der Waals surface area (Å²) in [5.74, 6) is 0.172. The number of carbonyl (C=O) groups is 2. The van der Waals surface area contributed by atoms with E-state index in [0.29, 0.717) is 13.1 Å². The number of hydrogen-bond acceptors (Lipinski definition) is 5. The molecule has 0 aliphatic carbocycles. The van der Waals surface area contributed by atoms with Gasteiger partial charge in [-0.25, -0.2) is 9.97 Å². The zero-order valence-electron chi connectivity index (χ0n) is 16.3. The molecular formula is C20H30N4O3. The molecular weight excluding hydrogens is 344 g/mol. The lowest BCUT2D eigenvalue weighted by Crippen LogP contribution is -2.41. The average Bonchev–Trinajstić information content (AvgIpc) is 3.04. The van der Waals surface area contributed by atoms with E-state index in [1.165, 1.54) is 6.33 Å². The first-order chi connectivity index (χ1) is 13.1. The molecule has 0 saturated carbocycles. The van der Waals surface area contributed by atoms with E-state index in [-0.39, 0.29) is 30.1 Å². The van der Waals surface area contributed by atoms with Crippen molar-refractivity contribution in [3.63, 3.8) is 0 Å². The molecule has 1 aromatic heterocycles. The Labute approximate surface area is 161 Å². The molecule has 0 radical (unpaired) electrons. The van der Waals surface area contributed by atoms with Crippen molar-refractivity contribution in [1.29, 1.82) is 0 Å². The van der Waals surface area contributed by atoms with Crippen LogP contribution in [0.5, 0.6) is 0 Å². The quantitative estimate of drug-likeness (QED) is 0.789. The Bertz CT molecular complexity index is 639. The molecule has 0 aromatic carbocycles. The molecule has 27 heavy (non-hydrogen) atoms. The molecule has 3 atom stereocenters. The number of nitrogens with zero attached hydrogens (tertiary/aromatic N) is 4. The molecule has 1 aromatic rings. The summed E-state index contributed by atoms with van der Waals surface area (Å²) in [4.78, 5) is 37.0. The van der Waals surface area contributed by atoms with E-state index in [1.807, 2.05) is 9.80 Å². The van der Waals surface area contributed by atoms with Crippen LogP contribution in [0.3, 0.4) is 0 Å². The highest BCUT2D eigenvalue weighted by Gasteiger charge is 2.34. The van der Waals surface area contributed by atoms with Crippen molar-refractivity contribution >= 4 is 11.8 Å². The summed E-state index contributed by atoms with van der Waals surface area (Å²) in [6.07, 6.45) is 10.3. The van der Waals surface area contributed by atoms with Gasteiger partial charge >= 0.3 is 0 Å². The van der Waals surface area contributed by atoms with Gasteiger partial charge in [-0.3, -0.25) is 9.59 Å². The molecule has 0 bridgehead atoms. The fourth-order valence-electron chi connectivity index (χ4n) is 4.11.